The molecule has 0 unspecified atom stereocenters. The van der Waals surface area contributed by atoms with E-state index in [-0.39, 0.29) is 5.69 Å². The summed E-state index contributed by atoms with van der Waals surface area (Å²) in [5.74, 6) is -2.48. The third-order valence-corrected chi connectivity index (χ3v) is 4.69. The lowest BCUT2D eigenvalue weighted by molar-refractivity contribution is -0.114. The van der Waals surface area contributed by atoms with Crippen LogP contribution in [0.2, 0.25) is 0 Å². The number of hydrogen-bond donors (Lipinski definition) is 1. The fourth-order valence-electron chi connectivity index (χ4n) is 2.23. The molecule has 26 heavy (non-hydrogen) atoms. The lowest BCUT2D eigenvalue weighted by Crippen LogP contribution is -2.37. The molecular formula is C17H19F2N3O3S. The largest absolute Gasteiger partial charge is 0.378 e. The minimum atomic E-state index is -3.75. The van der Waals surface area contributed by atoms with Crippen LogP contribution >= 0.6 is 0 Å². The van der Waals surface area contributed by atoms with Gasteiger partial charge in [-0.05, 0) is 36.4 Å². The first-order valence-electron chi connectivity index (χ1n) is 7.58. The molecule has 0 radical (unpaired) electrons. The molecule has 140 valence electrons. The predicted molar refractivity (Wildman–Crippen MR) is 97.9 cm³/mol. The zero-order valence-corrected chi connectivity index (χ0v) is 15.3. The normalized spacial score (nSPS) is 11.1. The number of hydrogen-bond acceptors (Lipinski definition) is 4. The maximum atomic E-state index is 13.6. The van der Waals surface area contributed by atoms with Crippen molar-refractivity contribution >= 4 is 33.0 Å². The summed E-state index contributed by atoms with van der Waals surface area (Å²) in [5, 5.41) is 2.24. The fraction of sp³-hybridized carbons (Fsp3) is 0.235. The molecule has 0 saturated heterocycles. The first kappa shape index (κ1) is 19.6. The zero-order valence-electron chi connectivity index (χ0n) is 14.5. The van der Waals surface area contributed by atoms with Gasteiger partial charge in [-0.1, -0.05) is 0 Å². The highest BCUT2D eigenvalue weighted by Gasteiger charge is 2.21. The smallest absolute Gasteiger partial charge is 0.245 e. The Hall–Kier alpha value is -2.68. The van der Waals surface area contributed by atoms with Crippen molar-refractivity contribution < 1.29 is 22.0 Å². The Morgan fingerprint density at radius 1 is 1.04 bits per heavy atom. The van der Waals surface area contributed by atoms with Gasteiger partial charge in [0.25, 0.3) is 0 Å². The summed E-state index contributed by atoms with van der Waals surface area (Å²) in [7, 11) is -0.0675. The summed E-state index contributed by atoms with van der Waals surface area (Å²) < 4.78 is 51.6. The topological polar surface area (TPSA) is 69.7 Å². The van der Waals surface area contributed by atoms with E-state index in [2.05, 4.69) is 5.32 Å². The van der Waals surface area contributed by atoms with Crippen LogP contribution in [0, 0.1) is 11.6 Å². The summed E-state index contributed by atoms with van der Waals surface area (Å²) in [4.78, 5) is 14.0. The third kappa shape index (κ3) is 4.92. The monoisotopic (exact) mass is 383 g/mol. The van der Waals surface area contributed by atoms with Gasteiger partial charge in [0.15, 0.2) is 0 Å². The molecule has 2 aromatic carbocycles. The Labute approximate surface area is 151 Å². The summed E-state index contributed by atoms with van der Waals surface area (Å²) in [6, 6.07) is 9.26. The quantitative estimate of drug-likeness (QED) is 0.832. The standard InChI is InChI=1S/C17H19F2N3O3S/c1-21(2)13-5-7-14(8-6-13)22(26(3,24)25)11-17(23)20-16-9-4-12(18)10-15(16)19/h4-10H,11H2,1-3H3,(H,20,23). The number of halogens is 2. The van der Waals surface area contributed by atoms with Crippen LogP contribution in [-0.2, 0) is 14.8 Å². The summed E-state index contributed by atoms with van der Waals surface area (Å²) in [6.07, 6.45) is 0.971. The van der Waals surface area contributed by atoms with Crippen LogP contribution in [0.5, 0.6) is 0 Å². The van der Waals surface area contributed by atoms with Crippen LogP contribution in [0.3, 0.4) is 0 Å². The van der Waals surface area contributed by atoms with Gasteiger partial charge in [-0.2, -0.15) is 0 Å². The van der Waals surface area contributed by atoms with Crippen molar-refractivity contribution in [1.29, 1.82) is 0 Å². The Bertz CT molecular complexity index is 900. The molecule has 2 aromatic rings. The number of carbonyl (C=O) groups excluding carboxylic acids is 1. The van der Waals surface area contributed by atoms with E-state index in [0.29, 0.717) is 11.8 Å². The van der Waals surface area contributed by atoms with E-state index in [1.165, 1.54) is 0 Å². The van der Waals surface area contributed by atoms with Crippen molar-refractivity contribution in [2.75, 3.05) is 41.4 Å². The molecule has 1 amide bonds. The summed E-state index contributed by atoms with van der Waals surface area (Å²) >= 11 is 0. The van der Waals surface area contributed by atoms with Crippen LogP contribution in [0.1, 0.15) is 0 Å². The maximum absolute atomic E-state index is 13.6. The Kier molecular flexibility index (Phi) is 5.81. The van der Waals surface area contributed by atoms with Crippen molar-refractivity contribution in [2.45, 2.75) is 0 Å². The van der Waals surface area contributed by atoms with Gasteiger partial charge >= 0.3 is 0 Å². The second-order valence-electron chi connectivity index (χ2n) is 5.85. The molecule has 0 heterocycles. The molecule has 0 saturated carbocycles. The van der Waals surface area contributed by atoms with Gasteiger partial charge in [0.2, 0.25) is 15.9 Å². The first-order valence-corrected chi connectivity index (χ1v) is 9.43. The van der Waals surface area contributed by atoms with E-state index in [0.717, 1.165) is 28.4 Å². The molecule has 0 aliphatic carbocycles. The third-order valence-electron chi connectivity index (χ3n) is 3.55. The molecule has 6 nitrogen and oxygen atoms in total. The summed E-state index contributed by atoms with van der Waals surface area (Å²) in [6.45, 7) is -0.545. The lowest BCUT2D eigenvalue weighted by atomic mass is 10.2. The Balaban J connectivity index is 2.21. The molecule has 0 spiro atoms. The SMILES string of the molecule is CN(C)c1ccc(N(CC(=O)Nc2ccc(F)cc2F)S(C)(=O)=O)cc1. The highest BCUT2D eigenvalue weighted by molar-refractivity contribution is 7.92. The molecular weight excluding hydrogens is 364 g/mol. The zero-order chi connectivity index (χ0) is 19.5. The van der Waals surface area contributed by atoms with E-state index >= 15 is 0 Å². The van der Waals surface area contributed by atoms with Gasteiger partial charge in [-0.25, -0.2) is 17.2 Å². The summed E-state index contributed by atoms with van der Waals surface area (Å²) in [5.41, 5.74) is 0.931. The Morgan fingerprint density at radius 2 is 1.62 bits per heavy atom. The molecule has 2 rings (SSSR count). The molecule has 0 atom stereocenters. The average Bonchev–Trinajstić information content (AvgIpc) is 2.54. The van der Waals surface area contributed by atoms with Crippen molar-refractivity contribution in [1.82, 2.24) is 0 Å². The highest BCUT2D eigenvalue weighted by Crippen LogP contribution is 2.22. The number of nitrogens with zero attached hydrogens (tertiary/aromatic N) is 2. The number of benzene rings is 2. The van der Waals surface area contributed by atoms with Crippen LogP contribution < -0.4 is 14.5 Å². The van der Waals surface area contributed by atoms with Crippen molar-refractivity contribution in [3.8, 4) is 0 Å². The first-order chi connectivity index (χ1) is 12.1. The van der Waals surface area contributed by atoms with E-state index in [9.17, 15) is 22.0 Å². The van der Waals surface area contributed by atoms with Crippen LogP contribution in [0.25, 0.3) is 0 Å². The second-order valence-corrected chi connectivity index (χ2v) is 7.76. The molecule has 9 heteroatoms. The van der Waals surface area contributed by atoms with Crippen LogP contribution in [-0.4, -0.2) is 41.2 Å². The van der Waals surface area contributed by atoms with Gasteiger partial charge in [0.1, 0.15) is 18.2 Å². The number of carbonyl (C=O) groups is 1. The van der Waals surface area contributed by atoms with Crippen molar-refractivity contribution in [3.05, 3.63) is 54.1 Å². The molecule has 0 aromatic heterocycles. The average molecular weight is 383 g/mol. The number of nitrogens with one attached hydrogen (secondary N) is 1. The molecule has 0 fully saturated rings. The maximum Gasteiger partial charge on any atom is 0.245 e. The lowest BCUT2D eigenvalue weighted by Gasteiger charge is -2.23. The minimum Gasteiger partial charge on any atom is -0.378 e. The number of amides is 1. The Morgan fingerprint density at radius 3 is 2.12 bits per heavy atom. The van der Waals surface area contributed by atoms with Gasteiger partial charge < -0.3 is 10.2 Å². The van der Waals surface area contributed by atoms with Crippen molar-refractivity contribution in [2.24, 2.45) is 0 Å². The van der Waals surface area contributed by atoms with E-state index in [1.807, 2.05) is 19.0 Å². The fourth-order valence-corrected chi connectivity index (χ4v) is 3.08. The second kappa shape index (κ2) is 7.69. The predicted octanol–water partition coefficient (Wildman–Crippen LogP) is 2.44. The van der Waals surface area contributed by atoms with Crippen LogP contribution in [0.4, 0.5) is 25.8 Å². The number of sulfonamides is 1. The van der Waals surface area contributed by atoms with Gasteiger partial charge in [0.05, 0.1) is 17.6 Å². The number of rotatable bonds is 6. The van der Waals surface area contributed by atoms with Crippen LogP contribution in [0.15, 0.2) is 42.5 Å². The number of anilines is 3. The highest BCUT2D eigenvalue weighted by atomic mass is 32.2. The molecule has 0 aliphatic heterocycles. The van der Waals surface area contributed by atoms with Crippen molar-refractivity contribution in [3.63, 3.8) is 0 Å². The molecule has 1 N–H and O–H groups in total. The van der Waals surface area contributed by atoms with Gasteiger partial charge in [-0.15, -0.1) is 0 Å². The minimum absolute atomic E-state index is 0.229. The van der Waals surface area contributed by atoms with Gasteiger partial charge in [-0.3, -0.25) is 9.10 Å². The molecule has 0 bridgehead atoms. The van der Waals surface area contributed by atoms with Gasteiger partial charge in [0, 0.05) is 25.8 Å². The van der Waals surface area contributed by atoms with E-state index in [1.54, 1.807) is 24.3 Å². The molecule has 0 aliphatic rings. The van der Waals surface area contributed by atoms with E-state index in [4.69, 9.17) is 0 Å². The van der Waals surface area contributed by atoms with E-state index < -0.39 is 34.1 Å².